The van der Waals surface area contributed by atoms with E-state index >= 15 is 0 Å². The van der Waals surface area contributed by atoms with Crippen LogP contribution in [0.1, 0.15) is 45.4 Å². The summed E-state index contributed by atoms with van der Waals surface area (Å²) in [5.74, 6) is 0.789. The average molecular weight is 299 g/mol. The Morgan fingerprint density at radius 1 is 1.27 bits per heavy atom. The Morgan fingerprint density at radius 3 is 2.77 bits per heavy atom. The molecular weight excluding hydrogens is 274 g/mol. The molecule has 0 aliphatic carbocycles. The van der Waals surface area contributed by atoms with Crippen molar-refractivity contribution in [2.45, 2.75) is 52.6 Å². The minimum Gasteiger partial charge on any atom is -0.345 e. The Morgan fingerprint density at radius 2 is 2.05 bits per heavy atom. The first-order chi connectivity index (χ1) is 10.6. The summed E-state index contributed by atoms with van der Waals surface area (Å²) in [5, 5.41) is 2.88. The minimum atomic E-state index is -0.121. The van der Waals surface area contributed by atoms with Crippen LogP contribution < -0.4 is 5.32 Å². The molecule has 4 heteroatoms. The second kappa shape index (κ2) is 7.78. The second-order valence-corrected chi connectivity index (χ2v) is 5.69. The third-order valence-electron chi connectivity index (χ3n) is 3.76. The number of unbranched alkanes of at least 4 members (excludes halogenated alkanes) is 3. The van der Waals surface area contributed by atoms with Crippen molar-refractivity contribution in [1.82, 2.24) is 14.9 Å². The molecule has 0 radical (unpaired) electrons. The smallest absolute Gasteiger partial charge is 0.246 e. The first kappa shape index (κ1) is 16.3. The Labute approximate surface area is 132 Å². The van der Waals surface area contributed by atoms with Gasteiger partial charge in [0.2, 0.25) is 5.91 Å². The highest BCUT2D eigenvalue weighted by molar-refractivity contribution is 5.92. The maximum Gasteiger partial charge on any atom is 0.246 e. The summed E-state index contributed by atoms with van der Waals surface area (Å²) >= 11 is 0. The largest absolute Gasteiger partial charge is 0.345 e. The Balaban J connectivity index is 2.16. The highest BCUT2D eigenvalue weighted by Crippen LogP contribution is 2.17. The zero-order valence-corrected chi connectivity index (χ0v) is 13.6. The number of aryl methyl sites for hydroxylation is 1. The van der Waals surface area contributed by atoms with E-state index in [0.717, 1.165) is 29.8 Å². The fourth-order valence-electron chi connectivity index (χ4n) is 2.52. The molecule has 0 fully saturated rings. The van der Waals surface area contributed by atoms with Crippen LogP contribution in [0.2, 0.25) is 0 Å². The lowest BCUT2D eigenvalue weighted by atomic mass is 10.2. The number of nitrogens with zero attached hydrogens (tertiary/aromatic N) is 2. The molecule has 1 aromatic heterocycles. The first-order valence-electron chi connectivity index (χ1n) is 8.01. The number of amides is 1. The topological polar surface area (TPSA) is 46.9 Å². The highest BCUT2D eigenvalue weighted by Gasteiger charge is 2.11. The van der Waals surface area contributed by atoms with Gasteiger partial charge in [0, 0.05) is 12.1 Å². The number of nitrogens with one attached hydrogen (secondary N) is 1. The molecule has 0 bridgehead atoms. The molecule has 0 spiro atoms. The van der Waals surface area contributed by atoms with Crippen molar-refractivity contribution < 1.29 is 4.79 Å². The summed E-state index contributed by atoms with van der Waals surface area (Å²) in [5.41, 5.74) is 2.64. The summed E-state index contributed by atoms with van der Waals surface area (Å²) in [6.45, 7) is 8.97. The average Bonchev–Trinajstić information content (AvgIpc) is 2.87. The number of hydrogen-bond donors (Lipinski definition) is 1. The summed E-state index contributed by atoms with van der Waals surface area (Å²) in [6, 6.07) is 8.13. The van der Waals surface area contributed by atoms with E-state index in [1.54, 1.807) is 6.92 Å². The van der Waals surface area contributed by atoms with Crippen LogP contribution in [-0.4, -0.2) is 15.5 Å². The number of carbonyl (C=O) groups excluding carboxylic acids is 1. The molecule has 0 saturated heterocycles. The SMILES string of the molecule is C=C(C)C(=O)NCc1nc2ccccc2n1CCCCCC. The Kier molecular flexibility index (Phi) is 5.75. The maximum atomic E-state index is 11.7. The van der Waals surface area contributed by atoms with Gasteiger partial charge in [-0.2, -0.15) is 0 Å². The molecule has 22 heavy (non-hydrogen) atoms. The van der Waals surface area contributed by atoms with Crippen molar-refractivity contribution in [1.29, 1.82) is 0 Å². The number of carbonyl (C=O) groups is 1. The van der Waals surface area contributed by atoms with Crippen molar-refractivity contribution in [2.24, 2.45) is 0 Å². The van der Waals surface area contributed by atoms with E-state index in [-0.39, 0.29) is 5.91 Å². The Bertz CT molecular complexity index is 657. The molecule has 0 unspecified atom stereocenters. The van der Waals surface area contributed by atoms with Gasteiger partial charge in [0.15, 0.2) is 0 Å². The predicted octanol–water partition coefficient (Wildman–Crippen LogP) is 3.81. The lowest BCUT2D eigenvalue weighted by Gasteiger charge is -2.10. The predicted molar refractivity (Wildman–Crippen MR) is 90.5 cm³/mol. The van der Waals surface area contributed by atoms with Crippen LogP contribution in [0.3, 0.4) is 0 Å². The monoisotopic (exact) mass is 299 g/mol. The van der Waals surface area contributed by atoms with E-state index in [4.69, 9.17) is 0 Å². The van der Waals surface area contributed by atoms with Gasteiger partial charge < -0.3 is 9.88 Å². The molecule has 0 saturated carbocycles. The van der Waals surface area contributed by atoms with Crippen LogP contribution in [0.5, 0.6) is 0 Å². The standard InChI is InChI=1S/C18H25N3O/c1-4-5-6-9-12-21-16-11-8-7-10-15(16)20-17(21)13-19-18(22)14(2)3/h7-8,10-11H,2,4-6,9,12-13H2,1,3H3,(H,19,22). The van der Waals surface area contributed by atoms with Crippen LogP contribution in [-0.2, 0) is 17.9 Å². The summed E-state index contributed by atoms with van der Waals surface area (Å²) in [4.78, 5) is 16.4. The van der Waals surface area contributed by atoms with E-state index in [9.17, 15) is 4.79 Å². The van der Waals surface area contributed by atoms with E-state index in [1.807, 2.05) is 18.2 Å². The molecule has 1 heterocycles. The Hall–Kier alpha value is -2.10. The number of fused-ring (bicyclic) bond motifs is 1. The van der Waals surface area contributed by atoms with E-state index in [1.165, 1.54) is 19.3 Å². The van der Waals surface area contributed by atoms with E-state index < -0.39 is 0 Å². The third kappa shape index (κ3) is 3.97. The molecule has 0 aliphatic heterocycles. The zero-order chi connectivity index (χ0) is 15.9. The fraction of sp³-hybridized carbons (Fsp3) is 0.444. The molecule has 2 rings (SSSR count). The molecule has 2 aromatic rings. The minimum absolute atomic E-state index is 0.121. The van der Waals surface area contributed by atoms with Gasteiger partial charge in [-0.15, -0.1) is 0 Å². The van der Waals surface area contributed by atoms with Crippen molar-refractivity contribution >= 4 is 16.9 Å². The maximum absolute atomic E-state index is 11.7. The number of rotatable bonds is 8. The lowest BCUT2D eigenvalue weighted by molar-refractivity contribution is -0.117. The number of benzene rings is 1. The van der Waals surface area contributed by atoms with Gasteiger partial charge in [0.05, 0.1) is 17.6 Å². The summed E-state index contributed by atoms with van der Waals surface area (Å²) < 4.78 is 2.23. The van der Waals surface area contributed by atoms with Gasteiger partial charge in [-0.25, -0.2) is 4.98 Å². The van der Waals surface area contributed by atoms with Crippen molar-refractivity contribution in [2.75, 3.05) is 0 Å². The van der Waals surface area contributed by atoms with Crippen LogP contribution in [0.25, 0.3) is 11.0 Å². The van der Waals surface area contributed by atoms with Gasteiger partial charge in [0.1, 0.15) is 5.82 Å². The molecule has 1 aromatic carbocycles. The molecule has 4 nitrogen and oxygen atoms in total. The molecule has 0 atom stereocenters. The second-order valence-electron chi connectivity index (χ2n) is 5.69. The number of hydrogen-bond acceptors (Lipinski definition) is 2. The van der Waals surface area contributed by atoms with Crippen LogP contribution in [0.15, 0.2) is 36.4 Å². The highest BCUT2D eigenvalue weighted by atomic mass is 16.1. The number of para-hydroxylation sites is 2. The first-order valence-corrected chi connectivity index (χ1v) is 8.01. The van der Waals surface area contributed by atoms with Crippen LogP contribution >= 0.6 is 0 Å². The molecule has 1 amide bonds. The van der Waals surface area contributed by atoms with Crippen LogP contribution in [0, 0.1) is 0 Å². The number of aromatic nitrogens is 2. The van der Waals surface area contributed by atoms with Crippen LogP contribution in [0.4, 0.5) is 0 Å². The normalized spacial score (nSPS) is 10.8. The van der Waals surface area contributed by atoms with Crippen molar-refractivity contribution in [3.63, 3.8) is 0 Å². The molecule has 0 aliphatic rings. The van der Waals surface area contributed by atoms with Crippen molar-refractivity contribution in [3.05, 3.63) is 42.2 Å². The summed E-state index contributed by atoms with van der Waals surface area (Å²) in [6.07, 6.45) is 4.84. The van der Waals surface area contributed by atoms with Gasteiger partial charge in [0.25, 0.3) is 0 Å². The molecule has 118 valence electrons. The number of imidazole rings is 1. The third-order valence-corrected chi connectivity index (χ3v) is 3.76. The quantitative estimate of drug-likeness (QED) is 0.595. The van der Waals surface area contributed by atoms with Gasteiger partial charge in [-0.1, -0.05) is 44.9 Å². The molecule has 1 N–H and O–H groups in total. The lowest BCUT2D eigenvalue weighted by Crippen LogP contribution is -2.25. The van der Waals surface area contributed by atoms with Gasteiger partial charge >= 0.3 is 0 Å². The van der Waals surface area contributed by atoms with Gasteiger partial charge in [-0.3, -0.25) is 4.79 Å². The van der Waals surface area contributed by atoms with Crippen molar-refractivity contribution in [3.8, 4) is 0 Å². The summed E-state index contributed by atoms with van der Waals surface area (Å²) in [7, 11) is 0. The fourth-order valence-corrected chi connectivity index (χ4v) is 2.52. The molecular formula is C18H25N3O. The van der Waals surface area contributed by atoms with E-state index in [0.29, 0.717) is 12.1 Å². The van der Waals surface area contributed by atoms with E-state index in [2.05, 4.69) is 34.4 Å². The van der Waals surface area contributed by atoms with Gasteiger partial charge in [-0.05, 0) is 25.5 Å². The zero-order valence-electron chi connectivity index (χ0n) is 13.6.